The van der Waals surface area contributed by atoms with Crippen molar-refractivity contribution in [3.63, 3.8) is 0 Å². The van der Waals surface area contributed by atoms with Crippen LogP contribution in [-0.4, -0.2) is 33.5 Å². The van der Waals surface area contributed by atoms with Crippen LogP contribution in [0, 0.1) is 0 Å². The molecule has 0 bridgehead atoms. The fraction of sp³-hybridized carbons (Fsp3) is 0.500. The van der Waals surface area contributed by atoms with Gasteiger partial charge in [0.05, 0.1) is 0 Å². The molecule has 0 spiro atoms. The quantitative estimate of drug-likeness (QED) is 0.468. The number of nitrogens with zero attached hydrogens (tertiary/aromatic N) is 2. The van der Waals surface area contributed by atoms with Crippen LogP contribution in [0.15, 0.2) is 0 Å². The molecule has 0 aliphatic rings. The molecule has 0 saturated heterocycles. The van der Waals surface area contributed by atoms with E-state index < -0.39 is 13.0 Å². The summed E-state index contributed by atoms with van der Waals surface area (Å²) in [5.41, 5.74) is -0.569. The van der Waals surface area contributed by atoms with Crippen molar-refractivity contribution in [1.29, 1.82) is 0 Å². The van der Waals surface area contributed by atoms with Gasteiger partial charge in [-0.1, -0.05) is 23.2 Å². The third kappa shape index (κ3) is 3.18. The van der Waals surface area contributed by atoms with E-state index >= 15 is 0 Å². The first-order valence-corrected chi connectivity index (χ1v) is 6.29. The van der Waals surface area contributed by atoms with E-state index in [0.717, 1.165) is 4.68 Å². The third-order valence-corrected chi connectivity index (χ3v) is 3.35. The average Bonchev–Trinajstić information content (AvgIpc) is 2.45. The van der Waals surface area contributed by atoms with Gasteiger partial charge >= 0.3 is 7.60 Å². The standard InChI is InChI=1S/C6H9Cl2N2O5P/c1-14-3-15-2-10-5(8)4(7)6(9-10)16(11,12)13/h2-3H2,1H3,(H2,11,12,13). The van der Waals surface area contributed by atoms with Crippen LogP contribution in [-0.2, 0) is 20.8 Å². The molecule has 92 valence electrons. The van der Waals surface area contributed by atoms with Crippen molar-refractivity contribution >= 4 is 36.2 Å². The van der Waals surface area contributed by atoms with E-state index in [1.165, 1.54) is 7.11 Å². The van der Waals surface area contributed by atoms with Gasteiger partial charge in [0.2, 0.25) is 0 Å². The normalized spacial score (nSPS) is 12.1. The van der Waals surface area contributed by atoms with Crippen LogP contribution in [0.3, 0.4) is 0 Å². The lowest BCUT2D eigenvalue weighted by atomic mass is 10.7. The highest BCUT2D eigenvalue weighted by atomic mass is 35.5. The fourth-order valence-corrected chi connectivity index (χ4v) is 2.18. The molecular weight excluding hydrogens is 282 g/mol. The largest absolute Gasteiger partial charge is 0.377 e. The Labute approximate surface area is 101 Å². The van der Waals surface area contributed by atoms with Gasteiger partial charge in [0.25, 0.3) is 0 Å². The topological polar surface area (TPSA) is 93.8 Å². The predicted molar refractivity (Wildman–Crippen MR) is 56.9 cm³/mol. The molecule has 0 aliphatic carbocycles. The number of methoxy groups -OCH3 is 1. The lowest BCUT2D eigenvalue weighted by Crippen LogP contribution is -2.12. The molecule has 0 aliphatic heterocycles. The molecule has 0 radical (unpaired) electrons. The summed E-state index contributed by atoms with van der Waals surface area (Å²) in [6.45, 7) is -0.120. The smallest absolute Gasteiger partial charge is 0.359 e. The maximum atomic E-state index is 11.0. The first kappa shape index (κ1) is 13.9. The van der Waals surface area contributed by atoms with Crippen molar-refractivity contribution < 1.29 is 23.8 Å². The van der Waals surface area contributed by atoms with Crippen molar-refractivity contribution in [1.82, 2.24) is 9.78 Å². The van der Waals surface area contributed by atoms with Crippen LogP contribution in [0.2, 0.25) is 10.2 Å². The first-order valence-electron chi connectivity index (χ1n) is 3.92. The molecule has 10 heteroatoms. The van der Waals surface area contributed by atoms with E-state index in [1.54, 1.807) is 0 Å². The number of hydrogen-bond donors (Lipinski definition) is 2. The van der Waals surface area contributed by atoms with E-state index in [0.29, 0.717) is 0 Å². The van der Waals surface area contributed by atoms with Gasteiger partial charge in [-0.3, -0.25) is 4.57 Å². The maximum Gasteiger partial charge on any atom is 0.377 e. The minimum Gasteiger partial charge on any atom is -0.359 e. The summed E-state index contributed by atoms with van der Waals surface area (Å²) < 4.78 is 21.5. The molecule has 1 aromatic rings. The summed E-state index contributed by atoms with van der Waals surface area (Å²) in [5, 5.41) is 3.18. The summed E-state index contributed by atoms with van der Waals surface area (Å²) in [7, 11) is -3.11. The molecule has 1 heterocycles. The van der Waals surface area contributed by atoms with E-state index in [2.05, 4.69) is 9.84 Å². The van der Waals surface area contributed by atoms with Crippen LogP contribution in [0.5, 0.6) is 0 Å². The Morgan fingerprint density at radius 1 is 1.50 bits per heavy atom. The van der Waals surface area contributed by atoms with Gasteiger partial charge in [0, 0.05) is 7.11 Å². The molecule has 0 saturated carbocycles. The fourth-order valence-electron chi connectivity index (χ4n) is 0.886. The van der Waals surface area contributed by atoms with E-state index in [1.807, 2.05) is 0 Å². The lowest BCUT2D eigenvalue weighted by molar-refractivity contribution is -0.0624. The van der Waals surface area contributed by atoms with Crippen molar-refractivity contribution in [3.8, 4) is 0 Å². The van der Waals surface area contributed by atoms with E-state index in [9.17, 15) is 4.57 Å². The van der Waals surface area contributed by atoms with Crippen LogP contribution in [0.25, 0.3) is 0 Å². The minimum atomic E-state index is -4.54. The second-order valence-electron chi connectivity index (χ2n) is 2.71. The summed E-state index contributed by atoms with van der Waals surface area (Å²) >= 11 is 11.3. The van der Waals surface area contributed by atoms with Crippen molar-refractivity contribution in [2.24, 2.45) is 0 Å². The lowest BCUT2D eigenvalue weighted by Gasteiger charge is -2.03. The van der Waals surface area contributed by atoms with Crippen molar-refractivity contribution in [2.45, 2.75) is 6.73 Å². The van der Waals surface area contributed by atoms with E-state index in [4.69, 9.17) is 37.7 Å². The Morgan fingerprint density at radius 3 is 2.56 bits per heavy atom. The number of rotatable bonds is 5. The van der Waals surface area contributed by atoms with Gasteiger partial charge in [0.15, 0.2) is 5.44 Å². The summed E-state index contributed by atoms with van der Waals surface area (Å²) in [6.07, 6.45) is 0. The highest BCUT2D eigenvalue weighted by Crippen LogP contribution is 2.38. The van der Waals surface area contributed by atoms with Crippen LogP contribution < -0.4 is 5.44 Å². The Bertz CT molecular complexity index is 417. The SMILES string of the molecule is COCOCn1nc(P(=O)(O)O)c(Cl)c1Cl. The van der Waals surface area contributed by atoms with Gasteiger partial charge < -0.3 is 19.3 Å². The Kier molecular flexibility index (Phi) is 4.75. The number of ether oxygens (including phenoxy) is 2. The summed E-state index contributed by atoms with van der Waals surface area (Å²) in [4.78, 5) is 17.8. The van der Waals surface area contributed by atoms with Crippen LogP contribution >= 0.6 is 30.8 Å². The molecule has 0 atom stereocenters. The minimum absolute atomic E-state index is 0.000940. The van der Waals surface area contributed by atoms with Gasteiger partial charge in [-0.2, -0.15) is 5.10 Å². The third-order valence-electron chi connectivity index (χ3n) is 1.51. The number of halogens is 2. The second-order valence-corrected chi connectivity index (χ2v) is 4.96. The highest BCUT2D eigenvalue weighted by Gasteiger charge is 2.28. The van der Waals surface area contributed by atoms with E-state index in [-0.39, 0.29) is 23.7 Å². The highest BCUT2D eigenvalue weighted by molar-refractivity contribution is 7.60. The molecule has 0 amide bonds. The molecule has 1 rings (SSSR count). The molecule has 1 aromatic heterocycles. The van der Waals surface area contributed by atoms with Gasteiger partial charge in [-0.05, 0) is 0 Å². The molecule has 0 fully saturated rings. The molecule has 16 heavy (non-hydrogen) atoms. The van der Waals surface area contributed by atoms with Gasteiger partial charge in [-0.25, -0.2) is 4.68 Å². The molecule has 2 N–H and O–H groups in total. The Morgan fingerprint density at radius 2 is 2.12 bits per heavy atom. The zero-order chi connectivity index (χ0) is 12.3. The Balaban J connectivity index is 2.92. The molecule has 0 aromatic carbocycles. The van der Waals surface area contributed by atoms with Crippen molar-refractivity contribution in [3.05, 3.63) is 10.2 Å². The molecule has 7 nitrogen and oxygen atoms in total. The van der Waals surface area contributed by atoms with Crippen molar-refractivity contribution in [2.75, 3.05) is 13.9 Å². The average molecular weight is 291 g/mol. The van der Waals surface area contributed by atoms with Gasteiger partial charge in [0.1, 0.15) is 23.7 Å². The second kappa shape index (κ2) is 5.46. The summed E-state index contributed by atoms with van der Waals surface area (Å²) in [6, 6.07) is 0. The number of hydrogen-bond acceptors (Lipinski definition) is 4. The maximum absolute atomic E-state index is 11.0. The summed E-state index contributed by atoms with van der Waals surface area (Å²) in [5.74, 6) is 0. The van der Waals surface area contributed by atoms with Gasteiger partial charge in [-0.15, -0.1) is 0 Å². The molecular formula is C6H9Cl2N2O5P. The predicted octanol–water partition coefficient (Wildman–Crippen LogP) is 0.571. The zero-order valence-electron chi connectivity index (χ0n) is 8.13. The van der Waals surface area contributed by atoms with Crippen LogP contribution in [0.4, 0.5) is 0 Å². The Hall–Kier alpha value is -0.140. The van der Waals surface area contributed by atoms with Crippen LogP contribution in [0.1, 0.15) is 0 Å². The molecule has 0 unspecified atom stereocenters. The zero-order valence-corrected chi connectivity index (χ0v) is 10.5. The number of aromatic nitrogens is 2. The first-order chi connectivity index (χ1) is 7.38. The monoisotopic (exact) mass is 290 g/mol.